The van der Waals surface area contributed by atoms with Crippen molar-refractivity contribution in [3.8, 4) is 0 Å². The van der Waals surface area contributed by atoms with Crippen molar-refractivity contribution in [2.24, 2.45) is 10.8 Å². The highest BCUT2D eigenvalue weighted by Crippen LogP contribution is 2.35. The maximum Gasteiger partial charge on any atom is 0.417 e. The molecule has 31 heavy (non-hydrogen) atoms. The van der Waals surface area contributed by atoms with E-state index in [1.54, 1.807) is 0 Å². The number of hydrogen-bond acceptors (Lipinski definition) is 9. The van der Waals surface area contributed by atoms with Gasteiger partial charge in [0.1, 0.15) is 0 Å². The Labute approximate surface area is 180 Å². The molecule has 0 heterocycles. The molecule has 0 spiro atoms. The molecule has 2 N–H and O–H groups in total. The molecule has 0 aliphatic carbocycles. The van der Waals surface area contributed by atoms with E-state index < -0.39 is 52.2 Å². The van der Waals surface area contributed by atoms with Crippen LogP contribution < -0.4 is 0 Å². The predicted octanol–water partition coefficient (Wildman–Crippen LogP) is 1.70. The third kappa shape index (κ3) is 5.02. The van der Waals surface area contributed by atoms with Crippen LogP contribution in [0.25, 0.3) is 0 Å². The van der Waals surface area contributed by atoms with Crippen LogP contribution in [0.4, 0.5) is 0 Å². The number of rotatable bonds is 13. The molecule has 176 valence electrons. The Morgan fingerprint density at radius 2 is 0.968 bits per heavy atom. The summed E-state index contributed by atoms with van der Waals surface area (Å²) in [6.07, 6.45) is -1.03. The van der Waals surface area contributed by atoms with Crippen LogP contribution in [0.1, 0.15) is 67.2 Å². The van der Waals surface area contributed by atoms with E-state index in [1.807, 2.05) is 0 Å². The lowest BCUT2D eigenvalue weighted by molar-refractivity contribution is -0.244. The highest BCUT2D eigenvalue weighted by molar-refractivity contribution is 6.10. The lowest BCUT2D eigenvalue weighted by Gasteiger charge is -2.34. The summed E-state index contributed by atoms with van der Waals surface area (Å²) >= 11 is 0. The predicted molar refractivity (Wildman–Crippen MR) is 104 cm³/mol. The fraction of sp³-hybridized carbons (Fsp3) is 0.700. The molecule has 0 unspecified atom stereocenters. The molecule has 0 aromatic rings. The minimum atomic E-state index is -3.29. The first kappa shape index (κ1) is 28.0. The average molecular weight is 446 g/mol. The van der Waals surface area contributed by atoms with Gasteiger partial charge in [-0.15, -0.1) is 0 Å². The Morgan fingerprint density at radius 1 is 0.645 bits per heavy atom. The number of esters is 3. The second kappa shape index (κ2) is 10.9. The minimum absolute atomic E-state index is 0.259. The lowest BCUT2D eigenvalue weighted by Crippen LogP contribution is -2.58. The van der Waals surface area contributed by atoms with E-state index in [-0.39, 0.29) is 32.3 Å². The number of aliphatic carboxylic acids is 2. The van der Waals surface area contributed by atoms with Crippen LogP contribution in [-0.2, 0) is 43.0 Å². The topological polar surface area (TPSA) is 171 Å². The highest BCUT2D eigenvalue weighted by Gasteiger charge is 2.60. The van der Waals surface area contributed by atoms with Crippen molar-refractivity contribution in [1.29, 1.82) is 0 Å². The molecule has 0 saturated carbocycles. The molecule has 0 aromatic carbocycles. The second-order valence-corrected chi connectivity index (χ2v) is 6.86. The van der Waals surface area contributed by atoms with Gasteiger partial charge in [-0.1, -0.05) is 27.7 Å². The van der Waals surface area contributed by atoms with Gasteiger partial charge in [0.15, 0.2) is 10.8 Å². The van der Waals surface area contributed by atoms with E-state index in [4.69, 9.17) is 14.2 Å². The summed E-state index contributed by atoms with van der Waals surface area (Å²) in [7, 11) is 0. The molecule has 0 amide bonds. The van der Waals surface area contributed by atoms with Gasteiger partial charge in [-0.05, 0) is 32.6 Å². The van der Waals surface area contributed by atoms with Gasteiger partial charge in [-0.2, -0.15) is 0 Å². The number of ketones is 1. The zero-order valence-electron chi connectivity index (χ0n) is 18.6. The molecule has 11 nitrogen and oxygen atoms in total. The van der Waals surface area contributed by atoms with Crippen molar-refractivity contribution >= 4 is 35.6 Å². The quantitative estimate of drug-likeness (QED) is 0.240. The van der Waals surface area contributed by atoms with E-state index in [1.165, 1.54) is 34.6 Å². The summed E-state index contributed by atoms with van der Waals surface area (Å²) in [6, 6.07) is 0. The monoisotopic (exact) mass is 446 g/mol. The summed E-state index contributed by atoms with van der Waals surface area (Å²) in [5.74, 6) is -12.3. The summed E-state index contributed by atoms with van der Waals surface area (Å²) < 4.78 is 14.7. The van der Waals surface area contributed by atoms with E-state index in [0.717, 1.165) is 6.92 Å². The zero-order chi connectivity index (χ0) is 24.6. The standard InChI is InChI=1S/C20H30O11/c1-7-18(8-2,13(22)23)15(26)30-20(12(6)21,17(28)29-11-5)31-16(27)19(9-3,10-4)14(24)25/h7-11H2,1-6H3,(H,22,23)(H,24,25). The van der Waals surface area contributed by atoms with Crippen LogP contribution in [0.15, 0.2) is 0 Å². The fourth-order valence-electron chi connectivity index (χ4n) is 2.93. The van der Waals surface area contributed by atoms with E-state index in [0.29, 0.717) is 0 Å². The smallest absolute Gasteiger partial charge is 0.417 e. The Balaban J connectivity index is 6.64. The summed E-state index contributed by atoms with van der Waals surface area (Å²) in [4.78, 5) is 74.2. The van der Waals surface area contributed by atoms with Crippen molar-refractivity contribution in [3.63, 3.8) is 0 Å². The zero-order valence-corrected chi connectivity index (χ0v) is 18.6. The Hall–Kier alpha value is -2.98. The number of carboxylic acids is 2. The number of hydrogen-bond donors (Lipinski definition) is 2. The summed E-state index contributed by atoms with van der Waals surface area (Å²) in [6.45, 7) is 7.36. The second-order valence-electron chi connectivity index (χ2n) is 6.86. The van der Waals surface area contributed by atoms with Gasteiger partial charge in [0.2, 0.25) is 5.78 Å². The molecular weight excluding hydrogens is 416 g/mol. The van der Waals surface area contributed by atoms with Crippen molar-refractivity contribution < 1.29 is 53.2 Å². The van der Waals surface area contributed by atoms with Crippen molar-refractivity contribution in [2.75, 3.05) is 6.61 Å². The maximum absolute atomic E-state index is 12.8. The van der Waals surface area contributed by atoms with Crippen molar-refractivity contribution in [3.05, 3.63) is 0 Å². The fourth-order valence-corrected chi connectivity index (χ4v) is 2.93. The third-order valence-electron chi connectivity index (χ3n) is 5.49. The van der Waals surface area contributed by atoms with Gasteiger partial charge in [-0.25, -0.2) is 4.79 Å². The van der Waals surface area contributed by atoms with Gasteiger partial charge in [0.25, 0.3) is 0 Å². The Morgan fingerprint density at radius 3 is 1.16 bits per heavy atom. The number of Topliss-reactive ketones (excluding diaryl/α,β-unsaturated/α-hetero) is 1. The van der Waals surface area contributed by atoms with Gasteiger partial charge in [0.05, 0.1) is 6.61 Å². The largest absolute Gasteiger partial charge is 0.480 e. The molecule has 0 aromatic heterocycles. The molecule has 0 rings (SSSR count). The van der Waals surface area contributed by atoms with Crippen LogP contribution in [0.3, 0.4) is 0 Å². The molecule has 0 saturated heterocycles. The van der Waals surface area contributed by atoms with Crippen molar-refractivity contribution in [2.45, 2.75) is 73.0 Å². The summed E-state index contributed by atoms with van der Waals surface area (Å²) in [5.41, 5.74) is -4.28. The van der Waals surface area contributed by atoms with E-state index in [9.17, 15) is 39.0 Å². The minimum Gasteiger partial charge on any atom is -0.480 e. The van der Waals surface area contributed by atoms with Gasteiger partial charge >= 0.3 is 35.6 Å². The number of carboxylic acid groups (broad SMARTS) is 2. The number of carbonyl (C=O) groups is 6. The first-order chi connectivity index (χ1) is 14.3. The van der Waals surface area contributed by atoms with Gasteiger partial charge < -0.3 is 24.4 Å². The summed E-state index contributed by atoms with van der Waals surface area (Å²) in [5, 5.41) is 19.1. The van der Waals surface area contributed by atoms with Crippen LogP contribution in [0, 0.1) is 10.8 Å². The molecule has 0 radical (unpaired) electrons. The SMILES string of the molecule is CCOC(=O)C(OC(=O)C(CC)(CC)C(=O)O)(OC(=O)C(CC)(CC)C(=O)O)C(C)=O. The molecule has 0 atom stereocenters. The first-order valence-corrected chi connectivity index (χ1v) is 9.93. The van der Waals surface area contributed by atoms with Crippen LogP contribution in [0.2, 0.25) is 0 Å². The molecular formula is C20H30O11. The van der Waals surface area contributed by atoms with Gasteiger partial charge in [0, 0.05) is 6.92 Å². The van der Waals surface area contributed by atoms with Gasteiger partial charge in [-0.3, -0.25) is 24.0 Å². The first-order valence-electron chi connectivity index (χ1n) is 9.93. The van der Waals surface area contributed by atoms with Crippen LogP contribution in [-0.4, -0.2) is 58.2 Å². The number of ether oxygens (including phenoxy) is 3. The molecule has 0 fully saturated rings. The maximum atomic E-state index is 12.8. The molecule has 11 heteroatoms. The van der Waals surface area contributed by atoms with Crippen LogP contribution in [0.5, 0.6) is 0 Å². The highest BCUT2D eigenvalue weighted by atomic mass is 16.8. The Kier molecular flexibility index (Phi) is 9.83. The number of carbonyl (C=O) groups excluding carboxylic acids is 4. The normalized spacial score (nSPS) is 11.9. The van der Waals surface area contributed by atoms with Crippen LogP contribution >= 0.6 is 0 Å². The lowest BCUT2D eigenvalue weighted by atomic mass is 9.82. The Bertz CT molecular complexity index is 685. The van der Waals surface area contributed by atoms with E-state index >= 15 is 0 Å². The van der Waals surface area contributed by atoms with Crippen molar-refractivity contribution in [1.82, 2.24) is 0 Å². The molecule has 0 aliphatic rings. The third-order valence-corrected chi connectivity index (χ3v) is 5.49. The molecule has 0 bridgehead atoms. The average Bonchev–Trinajstić information content (AvgIpc) is 2.69. The van der Waals surface area contributed by atoms with E-state index in [2.05, 4.69) is 0 Å². The molecule has 0 aliphatic heterocycles.